The standard InChI is InChI=1S/C9H17NO/c1-2-7-11-8-9(10)5-3-4-6-9/h2H,1,3-8,10H2. The normalized spacial score (nSPS) is 21.9. The van der Waals surface area contributed by atoms with Gasteiger partial charge in [-0.25, -0.2) is 0 Å². The van der Waals surface area contributed by atoms with Gasteiger partial charge in [-0.2, -0.15) is 0 Å². The van der Waals surface area contributed by atoms with Crippen molar-refractivity contribution < 1.29 is 4.74 Å². The average molecular weight is 155 g/mol. The van der Waals surface area contributed by atoms with E-state index in [0.717, 1.165) is 12.8 Å². The van der Waals surface area contributed by atoms with Gasteiger partial charge in [-0.05, 0) is 12.8 Å². The second kappa shape index (κ2) is 3.88. The minimum Gasteiger partial charge on any atom is -0.376 e. The largest absolute Gasteiger partial charge is 0.376 e. The Bertz CT molecular complexity index is 128. The molecule has 0 unspecified atom stereocenters. The molecule has 0 aromatic heterocycles. The second-order valence-electron chi connectivity index (χ2n) is 3.37. The van der Waals surface area contributed by atoms with Crippen LogP contribution in [0.3, 0.4) is 0 Å². The Morgan fingerprint density at radius 1 is 1.45 bits per heavy atom. The van der Waals surface area contributed by atoms with Crippen LogP contribution in [0.5, 0.6) is 0 Å². The summed E-state index contributed by atoms with van der Waals surface area (Å²) >= 11 is 0. The smallest absolute Gasteiger partial charge is 0.0650 e. The molecule has 2 nitrogen and oxygen atoms in total. The van der Waals surface area contributed by atoms with Crippen molar-refractivity contribution >= 4 is 0 Å². The fourth-order valence-electron chi connectivity index (χ4n) is 1.57. The molecule has 64 valence electrons. The zero-order valence-corrected chi connectivity index (χ0v) is 7.01. The predicted molar refractivity (Wildman–Crippen MR) is 46.4 cm³/mol. The van der Waals surface area contributed by atoms with Gasteiger partial charge in [-0.3, -0.25) is 0 Å². The van der Waals surface area contributed by atoms with Crippen molar-refractivity contribution in [1.82, 2.24) is 0 Å². The van der Waals surface area contributed by atoms with E-state index in [9.17, 15) is 0 Å². The quantitative estimate of drug-likeness (QED) is 0.493. The summed E-state index contributed by atoms with van der Waals surface area (Å²) in [4.78, 5) is 0. The Morgan fingerprint density at radius 3 is 2.64 bits per heavy atom. The third-order valence-corrected chi connectivity index (χ3v) is 2.22. The van der Waals surface area contributed by atoms with E-state index < -0.39 is 0 Å². The van der Waals surface area contributed by atoms with Crippen molar-refractivity contribution in [2.45, 2.75) is 31.2 Å². The molecule has 0 aliphatic heterocycles. The van der Waals surface area contributed by atoms with Gasteiger partial charge in [0.1, 0.15) is 0 Å². The van der Waals surface area contributed by atoms with Crippen LogP contribution in [0.4, 0.5) is 0 Å². The molecule has 0 heterocycles. The SMILES string of the molecule is C=CCOCC1(N)CCCC1. The monoisotopic (exact) mass is 155 g/mol. The first-order valence-corrected chi connectivity index (χ1v) is 4.24. The highest BCUT2D eigenvalue weighted by Gasteiger charge is 2.28. The van der Waals surface area contributed by atoms with Gasteiger partial charge in [-0.15, -0.1) is 6.58 Å². The minimum absolute atomic E-state index is 0.0248. The van der Waals surface area contributed by atoms with Gasteiger partial charge in [-0.1, -0.05) is 18.9 Å². The van der Waals surface area contributed by atoms with Crippen LogP contribution in [0.1, 0.15) is 25.7 Å². The van der Waals surface area contributed by atoms with E-state index in [1.54, 1.807) is 6.08 Å². The van der Waals surface area contributed by atoms with Gasteiger partial charge < -0.3 is 10.5 Å². The molecule has 0 bridgehead atoms. The summed E-state index contributed by atoms with van der Waals surface area (Å²) in [5.74, 6) is 0. The Morgan fingerprint density at radius 2 is 2.09 bits per heavy atom. The third-order valence-electron chi connectivity index (χ3n) is 2.22. The lowest BCUT2D eigenvalue weighted by atomic mass is 10.0. The van der Waals surface area contributed by atoms with Gasteiger partial charge in [0.2, 0.25) is 0 Å². The number of ether oxygens (including phenoxy) is 1. The molecule has 0 aromatic carbocycles. The van der Waals surface area contributed by atoms with Gasteiger partial charge in [0.05, 0.1) is 13.2 Å². The van der Waals surface area contributed by atoms with Crippen molar-refractivity contribution in [1.29, 1.82) is 0 Å². The molecule has 1 aliphatic rings. The number of hydrogen-bond donors (Lipinski definition) is 1. The lowest BCUT2D eigenvalue weighted by molar-refractivity contribution is 0.108. The van der Waals surface area contributed by atoms with Gasteiger partial charge in [0, 0.05) is 5.54 Å². The van der Waals surface area contributed by atoms with Gasteiger partial charge >= 0.3 is 0 Å². The van der Waals surface area contributed by atoms with Crippen molar-refractivity contribution in [2.24, 2.45) is 5.73 Å². The molecule has 0 aromatic rings. The zero-order chi connectivity index (χ0) is 8.16. The summed E-state index contributed by atoms with van der Waals surface area (Å²) in [7, 11) is 0. The summed E-state index contributed by atoms with van der Waals surface area (Å²) in [6, 6.07) is 0. The summed E-state index contributed by atoms with van der Waals surface area (Å²) in [5.41, 5.74) is 6.02. The van der Waals surface area contributed by atoms with E-state index in [2.05, 4.69) is 6.58 Å². The highest BCUT2D eigenvalue weighted by Crippen LogP contribution is 2.27. The molecule has 0 radical (unpaired) electrons. The second-order valence-corrected chi connectivity index (χ2v) is 3.37. The van der Waals surface area contributed by atoms with E-state index >= 15 is 0 Å². The van der Waals surface area contributed by atoms with Crippen molar-refractivity contribution in [3.8, 4) is 0 Å². The fourth-order valence-corrected chi connectivity index (χ4v) is 1.57. The van der Waals surface area contributed by atoms with Crippen molar-refractivity contribution in [3.05, 3.63) is 12.7 Å². The van der Waals surface area contributed by atoms with Crippen LogP contribution in [0.15, 0.2) is 12.7 Å². The molecule has 2 heteroatoms. The summed E-state index contributed by atoms with van der Waals surface area (Å²) in [6.07, 6.45) is 6.51. The van der Waals surface area contributed by atoms with E-state index in [4.69, 9.17) is 10.5 Å². The molecule has 1 saturated carbocycles. The first-order chi connectivity index (χ1) is 5.27. The van der Waals surface area contributed by atoms with E-state index in [0.29, 0.717) is 13.2 Å². The summed E-state index contributed by atoms with van der Waals surface area (Å²) < 4.78 is 5.33. The molecule has 0 amide bonds. The van der Waals surface area contributed by atoms with Crippen LogP contribution >= 0.6 is 0 Å². The fraction of sp³-hybridized carbons (Fsp3) is 0.778. The zero-order valence-electron chi connectivity index (χ0n) is 7.01. The van der Waals surface area contributed by atoms with Gasteiger partial charge in [0.15, 0.2) is 0 Å². The molecular formula is C9H17NO. The summed E-state index contributed by atoms with van der Waals surface area (Å²) in [6.45, 7) is 4.90. The van der Waals surface area contributed by atoms with E-state index in [-0.39, 0.29) is 5.54 Å². The van der Waals surface area contributed by atoms with Crippen LogP contribution in [0.2, 0.25) is 0 Å². The maximum Gasteiger partial charge on any atom is 0.0650 e. The lowest BCUT2D eigenvalue weighted by Gasteiger charge is -2.22. The van der Waals surface area contributed by atoms with Crippen molar-refractivity contribution in [2.75, 3.05) is 13.2 Å². The Kier molecular flexibility index (Phi) is 3.09. The topological polar surface area (TPSA) is 35.2 Å². The van der Waals surface area contributed by atoms with Crippen LogP contribution in [0, 0.1) is 0 Å². The average Bonchev–Trinajstić information content (AvgIpc) is 2.38. The molecule has 1 aliphatic carbocycles. The molecule has 0 atom stereocenters. The Balaban J connectivity index is 2.17. The van der Waals surface area contributed by atoms with E-state index in [1.807, 2.05) is 0 Å². The maximum atomic E-state index is 6.04. The molecule has 0 saturated heterocycles. The number of rotatable bonds is 4. The lowest BCUT2D eigenvalue weighted by Crippen LogP contribution is -2.41. The Labute approximate surface area is 68.4 Å². The van der Waals surface area contributed by atoms with Crippen LogP contribution in [-0.2, 0) is 4.74 Å². The number of nitrogens with two attached hydrogens (primary N) is 1. The number of hydrogen-bond acceptors (Lipinski definition) is 2. The molecule has 1 fully saturated rings. The molecule has 11 heavy (non-hydrogen) atoms. The van der Waals surface area contributed by atoms with Crippen LogP contribution in [-0.4, -0.2) is 18.8 Å². The first-order valence-electron chi connectivity index (χ1n) is 4.24. The molecular weight excluding hydrogens is 138 g/mol. The maximum absolute atomic E-state index is 6.04. The highest BCUT2D eigenvalue weighted by atomic mass is 16.5. The molecule has 2 N–H and O–H groups in total. The Hall–Kier alpha value is -0.340. The van der Waals surface area contributed by atoms with Gasteiger partial charge in [0.25, 0.3) is 0 Å². The molecule has 1 rings (SSSR count). The first kappa shape index (κ1) is 8.75. The van der Waals surface area contributed by atoms with Crippen molar-refractivity contribution in [3.63, 3.8) is 0 Å². The highest BCUT2D eigenvalue weighted by molar-refractivity contribution is 4.89. The minimum atomic E-state index is -0.0248. The van der Waals surface area contributed by atoms with E-state index in [1.165, 1.54) is 12.8 Å². The van der Waals surface area contributed by atoms with Crippen LogP contribution in [0.25, 0.3) is 0 Å². The summed E-state index contributed by atoms with van der Waals surface area (Å²) in [5, 5.41) is 0. The molecule has 0 spiro atoms. The van der Waals surface area contributed by atoms with Crippen LogP contribution < -0.4 is 5.73 Å². The third kappa shape index (κ3) is 2.64. The predicted octanol–water partition coefficient (Wildman–Crippen LogP) is 1.46.